The Labute approximate surface area is 353 Å². The summed E-state index contributed by atoms with van der Waals surface area (Å²) in [6.07, 6.45) is 0. The fourth-order valence-corrected chi connectivity index (χ4v) is 10.7. The van der Waals surface area contributed by atoms with Gasteiger partial charge in [0.2, 0.25) is 0 Å². The second-order valence-corrected chi connectivity index (χ2v) is 17.2. The molecule has 9 aromatic carbocycles. The lowest BCUT2D eigenvalue weighted by molar-refractivity contribution is 0.659. The molecule has 0 saturated heterocycles. The van der Waals surface area contributed by atoms with Gasteiger partial charge in [-0.1, -0.05) is 147 Å². The van der Waals surface area contributed by atoms with Crippen LogP contribution in [0.25, 0.3) is 76.9 Å². The number of nitrogens with one attached hydrogen (secondary N) is 1. The number of rotatable bonds is 4. The van der Waals surface area contributed by atoms with Crippen molar-refractivity contribution in [2.24, 2.45) is 4.99 Å². The van der Waals surface area contributed by atoms with E-state index in [9.17, 15) is 0 Å². The fraction of sp³-hybridized carbons (Fsp3) is 0.0702. The summed E-state index contributed by atoms with van der Waals surface area (Å²) in [5.74, 6) is 0.903. The third-order valence-electron chi connectivity index (χ3n) is 13.5. The first-order valence-electron chi connectivity index (χ1n) is 21.2. The zero-order valence-electron chi connectivity index (χ0n) is 33.9. The van der Waals surface area contributed by atoms with E-state index in [0.29, 0.717) is 0 Å². The van der Waals surface area contributed by atoms with Crippen molar-refractivity contribution in [1.82, 2.24) is 14.5 Å². The van der Waals surface area contributed by atoms with Crippen LogP contribution in [0.5, 0.6) is 0 Å². The van der Waals surface area contributed by atoms with Crippen LogP contribution >= 0.6 is 0 Å². The van der Waals surface area contributed by atoms with Crippen molar-refractivity contribution in [2.45, 2.75) is 25.3 Å². The van der Waals surface area contributed by atoms with Gasteiger partial charge in [0.1, 0.15) is 5.84 Å². The summed E-state index contributed by atoms with van der Waals surface area (Å²) >= 11 is 0. The number of hydrogen-bond acceptors (Lipinski definition) is 2. The molecular weight excluding hydrogens is 741 g/mol. The number of para-hydroxylation sites is 3. The molecule has 1 aliphatic carbocycles. The van der Waals surface area contributed by atoms with Gasteiger partial charge in [-0.15, -0.1) is 0 Å². The zero-order chi connectivity index (χ0) is 40.4. The Balaban J connectivity index is 0.979. The van der Waals surface area contributed by atoms with Gasteiger partial charge >= 0.3 is 0 Å². The molecule has 1 unspecified atom stereocenters. The Morgan fingerprint density at radius 3 is 2.00 bits per heavy atom. The van der Waals surface area contributed by atoms with Gasteiger partial charge in [0, 0.05) is 49.5 Å². The van der Waals surface area contributed by atoms with E-state index in [1.807, 2.05) is 0 Å². The lowest BCUT2D eigenvalue weighted by Crippen LogP contribution is -2.33. The molecule has 13 rings (SSSR count). The van der Waals surface area contributed by atoms with Crippen molar-refractivity contribution < 1.29 is 0 Å². The highest BCUT2D eigenvalue weighted by Crippen LogP contribution is 2.51. The zero-order valence-corrected chi connectivity index (χ0v) is 33.9. The standard InChI is InChI=1S/C57H40N4/c1-57(2)47-31-37(56-58-49-23-13-11-22-44(49)55(59-56)36-16-5-3-6-17-36)25-28-41(47)42-29-27-39(32-48(42)57)61-50-24-14-12-21-43(50)45-33-46-53(34-52(45)61)60(38-18-7-4-8-19-38)51-30-26-35-15-9-10-20-40(35)54(46)51/h3-34,55H,1-2H3,(H,58,59). The fourth-order valence-electron chi connectivity index (χ4n) is 10.7. The van der Waals surface area contributed by atoms with Gasteiger partial charge in [0.05, 0.1) is 33.8 Å². The predicted molar refractivity (Wildman–Crippen MR) is 254 cm³/mol. The van der Waals surface area contributed by atoms with E-state index in [4.69, 9.17) is 4.99 Å². The average Bonchev–Trinajstić information content (AvgIpc) is 3.90. The van der Waals surface area contributed by atoms with Crippen LogP contribution in [0.3, 0.4) is 0 Å². The lowest BCUT2D eigenvalue weighted by atomic mass is 9.81. The normalized spacial score (nSPS) is 15.2. The third-order valence-corrected chi connectivity index (χ3v) is 13.5. The van der Waals surface area contributed by atoms with Crippen molar-refractivity contribution in [2.75, 3.05) is 0 Å². The van der Waals surface area contributed by atoms with E-state index >= 15 is 0 Å². The number of aromatic nitrogens is 2. The Morgan fingerprint density at radius 1 is 0.475 bits per heavy atom. The van der Waals surface area contributed by atoms with Gasteiger partial charge < -0.3 is 14.5 Å². The van der Waals surface area contributed by atoms with E-state index in [1.54, 1.807) is 0 Å². The number of aliphatic imine (C=N–C) groups is 1. The number of hydrogen-bond donors (Lipinski definition) is 1. The van der Waals surface area contributed by atoms with Crippen LogP contribution in [-0.2, 0) is 5.41 Å². The van der Waals surface area contributed by atoms with Crippen molar-refractivity contribution in [3.05, 3.63) is 222 Å². The molecule has 4 heteroatoms. The molecule has 1 atom stereocenters. The molecule has 0 fully saturated rings. The Hall–Kier alpha value is -7.69. The van der Waals surface area contributed by atoms with E-state index in [2.05, 4.69) is 222 Å². The summed E-state index contributed by atoms with van der Waals surface area (Å²) < 4.78 is 4.94. The largest absolute Gasteiger partial charge is 0.359 e. The van der Waals surface area contributed by atoms with Crippen LogP contribution in [0.2, 0.25) is 0 Å². The molecule has 0 bridgehead atoms. The number of benzene rings is 9. The van der Waals surface area contributed by atoms with Crippen LogP contribution in [0.1, 0.15) is 47.7 Å². The third kappa shape index (κ3) is 4.90. The molecule has 61 heavy (non-hydrogen) atoms. The van der Waals surface area contributed by atoms with Gasteiger partial charge in [0.15, 0.2) is 0 Å². The highest BCUT2D eigenvalue weighted by Gasteiger charge is 2.37. The van der Waals surface area contributed by atoms with E-state index in [0.717, 1.165) is 22.8 Å². The number of amidine groups is 1. The molecule has 0 spiro atoms. The number of nitrogens with zero attached hydrogens (tertiary/aromatic N) is 3. The molecule has 4 nitrogen and oxygen atoms in total. The second-order valence-electron chi connectivity index (χ2n) is 17.2. The monoisotopic (exact) mass is 780 g/mol. The molecule has 0 saturated carbocycles. The molecule has 1 N–H and O–H groups in total. The van der Waals surface area contributed by atoms with E-state index in [-0.39, 0.29) is 11.5 Å². The van der Waals surface area contributed by atoms with Gasteiger partial charge in [-0.2, -0.15) is 0 Å². The summed E-state index contributed by atoms with van der Waals surface area (Å²) in [5, 5.41) is 11.4. The van der Waals surface area contributed by atoms with Crippen molar-refractivity contribution in [1.29, 1.82) is 0 Å². The van der Waals surface area contributed by atoms with Crippen LogP contribution in [0.15, 0.2) is 199 Å². The average molecular weight is 781 g/mol. The van der Waals surface area contributed by atoms with Gasteiger partial charge in [0.25, 0.3) is 0 Å². The highest BCUT2D eigenvalue weighted by atomic mass is 15.1. The molecular formula is C57H40N4. The Kier molecular flexibility index (Phi) is 7.10. The molecule has 1 aliphatic heterocycles. The first-order chi connectivity index (χ1) is 30.0. The van der Waals surface area contributed by atoms with Crippen molar-refractivity contribution in [3.63, 3.8) is 0 Å². The minimum atomic E-state index is -0.241. The van der Waals surface area contributed by atoms with Gasteiger partial charge in [-0.3, -0.25) is 0 Å². The molecule has 2 aliphatic rings. The summed E-state index contributed by atoms with van der Waals surface area (Å²) in [4.78, 5) is 5.20. The highest BCUT2D eigenvalue weighted by molar-refractivity contribution is 6.25. The van der Waals surface area contributed by atoms with Crippen molar-refractivity contribution in [3.8, 4) is 22.5 Å². The summed E-state index contributed by atoms with van der Waals surface area (Å²) in [6.45, 7) is 4.75. The molecule has 288 valence electrons. The van der Waals surface area contributed by atoms with Crippen LogP contribution < -0.4 is 5.32 Å². The number of fused-ring (bicyclic) bond motifs is 12. The quantitative estimate of drug-likeness (QED) is 0.190. The van der Waals surface area contributed by atoms with Gasteiger partial charge in [-0.05, 0) is 99.3 Å². The molecule has 3 heterocycles. The maximum atomic E-state index is 5.20. The SMILES string of the molecule is CC1(C)c2cc(C3=Nc4ccccc4C(c4ccccc4)N3)ccc2-c2ccc(-n3c4ccccc4c4cc5c6c7ccccc7ccc6n(-c6ccccc6)c5cc43)cc21. The molecule has 0 radical (unpaired) electrons. The maximum absolute atomic E-state index is 5.20. The van der Waals surface area contributed by atoms with Crippen LogP contribution in [-0.4, -0.2) is 15.0 Å². The minimum Gasteiger partial charge on any atom is -0.359 e. The minimum absolute atomic E-state index is 0.0200. The van der Waals surface area contributed by atoms with E-state index in [1.165, 1.54) is 93.5 Å². The molecule has 0 amide bonds. The lowest BCUT2D eigenvalue weighted by Gasteiger charge is -2.28. The molecule has 2 aromatic heterocycles. The predicted octanol–water partition coefficient (Wildman–Crippen LogP) is 14.1. The second kappa shape index (κ2) is 12.7. The Morgan fingerprint density at radius 2 is 1.15 bits per heavy atom. The van der Waals surface area contributed by atoms with Crippen LogP contribution in [0.4, 0.5) is 5.69 Å². The van der Waals surface area contributed by atoms with E-state index < -0.39 is 0 Å². The topological polar surface area (TPSA) is 34.2 Å². The first kappa shape index (κ1) is 34.2. The first-order valence-corrected chi connectivity index (χ1v) is 21.2. The summed E-state index contributed by atoms with van der Waals surface area (Å²) in [6, 6.07) is 71.2. The van der Waals surface area contributed by atoms with Crippen molar-refractivity contribution >= 4 is 65.9 Å². The summed E-state index contributed by atoms with van der Waals surface area (Å²) in [5.41, 5.74) is 16.7. The Bertz CT molecular complexity index is 3640. The molecule has 11 aromatic rings. The smallest absolute Gasteiger partial charge is 0.134 e. The van der Waals surface area contributed by atoms with Gasteiger partial charge in [-0.25, -0.2) is 4.99 Å². The maximum Gasteiger partial charge on any atom is 0.134 e. The summed E-state index contributed by atoms with van der Waals surface area (Å²) in [7, 11) is 0. The van der Waals surface area contributed by atoms with Crippen LogP contribution in [0, 0.1) is 0 Å².